The standard InChI is InChI=1S/C19H22FN3O/c1-13-4-2-3-11-23(13)18-10-9-16(21)12-17(18)22-19(24)14-5-7-15(20)8-6-14/h5-10,12-13H,2-4,11,21H2,1H3,(H,22,24)/t13-/m0/s1. The van der Waals surface area contributed by atoms with Crippen LogP contribution in [0.2, 0.25) is 0 Å². The Hall–Kier alpha value is -2.56. The molecular formula is C19H22FN3O. The van der Waals surface area contributed by atoms with Crippen LogP contribution < -0.4 is 16.0 Å². The Morgan fingerprint density at radius 2 is 1.96 bits per heavy atom. The van der Waals surface area contributed by atoms with Crippen molar-refractivity contribution < 1.29 is 9.18 Å². The van der Waals surface area contributed by atoms with Crippen molar-refractivity contribution >= 4 is 23.0 Å². The van der Waals surface area contributed by atoms with Gasteiger partial charge in [-0.3, -0.25) is 4.79 Å². The molecule has 4 nitrogen and oxygen atoms in total. The summed E-state index contributed by atoms with van der Waals surface area (Å²) < 4.78 is 13.0. The van der Waals surface area contributed by atoms with Gasteiger partial charge in [-0.15, -0.1) is 0 Å². The quantitative estimate of drug-likeness (QED) is 0.837. The van der Waals surface area contributed by atoms with Crippen LogP contribution in [0.4, 0.5) is 21.5 Å². The molecule has 1 aliphatic rings. The third-order valence-corrected chi connectivity index (χ3v) is 4.49. The Morgan fingerprint density at radius 3 is 2.67 bits per heavy atom. The first-order valence-corrected chi connectivity index (χ1v) is 8.27. The van der Waals surface area contributed by atoms with E-state index in [-0.39, 0.29) is 11.7 Å². The van der Waals surface area contributed by atoms with Gasteiger partial charge in [-0.05, 0) is 68.7 Å². The highest BCUT2D eigenvalue weighted by Gasteiger charge is 2.22. The van der Waals surface area contributed by atoms with Gasteiger partial charge in [0.2, 0.25) is 0 Å². The molecule has 0 radical (unpaired) electrons. The Bertz CT molecular complexity index is 730. The van der Waals surface area contributed by atoms with Crippen molar-refractivity contribution in [3.63, 3.8) is 0 Å². The topological polar surface area (TPSA) is 58.4 Å². The number of rotatable bonds is 3. The molecule has 1 fully saturated rings. The number of amides is 1. The Balaban J connectivity index is 1.87. The molecule has 0 spiro atoms. The van der Waals surface area contributed by atoms with E-state index in [0.29, 0.717) is 23.0 Å². The van der Waals surface area contributed by atoms with Crippen LogP contribution in [-0.2, 0) is 0 Å². The molecule has 0 bridgehead atoms. The minimum atomic E-state index is -0.363. The van der Waals surface area contributed by atoms with Crippen molar-refractivity contribution in [2.75, 3.05) is 22.5 Å². The molecule has 0 saturated carbocycles. The monoisotopic (exact) mass is 327 g/mol. The van der Waals surface area contributed by atoms with E-state index in [1.54, 1.807) is 6.07 Å². The van der Waals surface area contributed by atoms with Crippen molar-refractivity contribution in [3.8, 4) is 0 Å². The second-order valence-electron chi connectivity index (χ2n) is 6.28. The lowest BCUT2D eigenvalue weighted by Crippen LogP contribution is -2.38. The zero-order chi connectivity index (χ0) is 17.1. The van der Waals surface area contributed by atoms with Gasteiger partial charge in [0.05, 0.1) is 11.4 Å². The number of hydrogen-bond acceptors (Lipinski definition) is 3. The van der Waals surface area contributed by atoms with E-state index in [9.17, 15) is 9.18 Å². The summed E-state index contributed by atoms with van der Waals surface area (Å²) in [5, 5.41) is 2.92. The fraction of sp³-hybridized carbons (Fsp3) is 0.316. The van der Waals surface area contributed by atoms with Crippen LogP contribution >= 0.6 is 0 Å². The summed E-state index contributed by atoms with van der Waals surface area (Å²) in [6, 6.07) is 11.5. The van der Waals surface area contributed by atoms with Gasteiger partial charge in [-0.25, -0.2) is 4.39 Å². The minimum Gasteiger partial charge on any atom is -0.399 e. The number of nitrogens with two attached hydrogens (primary N) is 1. The van der Waals surface area contributed by atoms with Crippen LogP contribution in [0.15, 0.2) is 42.5 Å². The fourth-order valence-corrected chi connectivity index (χ4v) is 3.16. The average molecular weight is 327 g/mol. The first kappa shape index (κ1) is 16.3. The molecule has 1 atom stereocenters. The van der Waals surface area contributed by atoms with Crippen LogP contribution in [0.5, 0.6) is 0 Å². The largest absolute Gasteiger partial charge is 0.399 e. The van der Waals surface area contributed by atoms with Crippen molar-refractivity contribution in [2.24, 2.45) is 0 Å². The molecule has 2 aromatic carbocycles. The lowest BCUT2D eigenvalue weighted by atomic mass is 10.0. The number of carbonyl (C=O) groups is 1. The molecule has 1 heterocycles. The van der Waals surface area contributed by atoms with E-state index in [0.717, 1.165) is 25.1 Å². The Kier molecular flexibility index (Phi) is 4.69. The van der Waals surface area contributed by atoms with E-state index in [1.165, 1.54) is 30.7 Å². The van der Waals surface area contributed by atoms with Crippen LogP contribution in [0, 0.1) is 5.82 Å². The smallest absolute Gasteiger partial charge is 0.255 e. The number of nitrogen functional groups attached to an aromatic ring is 1. The summed E-state index contributed by atoms with van der Waals surface area (Å²) in [5.41, 5.74) is 8.59. The van der Waals surface area contributed by atoms with Gasteiger partial charge in [0.15, 0.2) is 0 Å². The number of piperidine rings is 1. The maximum Gasteiger partial charge on any atom is 0.255 e. The molecule has 3 N–H and O–H groups in total. The maximum atomic E-state index is 13.0. The zero-order valence-corrected chi connectivity index (χ0v) is 13.8. The molecule has 5 heteroatoms. The van der Waals surface area contributed by atoms with Crippen molar-refractivity contribution in [1.29, 1.82) is 0 Å². The third-order valence-electron chi connectivity index (χ3n) is 4.49. The fourth-order valence-electron chi connectivity index (χ4n) is 3.16. The molecule has 0 aliphatic carbocycles. The first-order chi connectivity index (χ1) is 11.5. The number of carbonyl (C=O) groups excluding carboxylic acids is 1. The van der Waals surface area contributed by atoms with Gasteiger partial charge in [-0.2, -0.15) is 0 Å². The highest BCUT2D eigenvalue weighted by Crippen LogP contribution is 2.33. The van der Waals surface area contributed by atoms with Gasteiger partial charge < -0.3 is 16.0 Å². The lowest BCUT2D eigenvalue weighted by Gasteiger charge is -2.36. The summed E-state index contributed by atoms with van der Waals surface area (Å²) >= 11 is 0. The summed E-state index contributed by atoms with van der Waals surface area (Å²) in [6.45, 7) is 3.16. The van der Waals surface area contributed by atoms with Crippen LogP contribution in [0.25, 0.3) is 0 Å². The SMILES string of the molecule is C[C@H]1CCCCN1c1ccc(N)cc1NC(=O)c1ccc(F)cc1. The van der Waals surface area contributed by atoms with Gasteiger partial charge in [0.1, 0.15) is 5.82 Å². The number of nitrogens with zero attached hydrogens (tertiary/aromatic N) is 1. The zero-order valence-electron chi connectivity index (χ0n) is 13.8. The number of hydrogen-bond donors (Lipinski definition) is 2. The van der Waals surface area contributed by atoms with Gasteiger partial charge in [-0.1, -0.05) is 0 Å². The van der Waals surface area contributed by atoms with Crippen molar-refractivity contribution in [1.82, 2.24) is 0 Å². The second-order valence-corrected chi connectivity index (χ2v) is 6.28. The summed E-state index contributed by atoms with van der Waals surface area (Å²) in [6.07, 6.45) is 3.50. The molecule has 0 aromatic heterocycles. The highest BCUT2D eigenvalue weighted by molar-refractivity contribution is 6.06. The van der Waals surface area contributed by atoms with E-state index >= 15 is 0 Å². The maximum absolute atomic E-state index is 13.0. The van der Waals surface area contributed by atoms with Crippen LogP contribution in [0.1, 0.15) is 36.5 Å². The molecule has 1 saturated heterocycles. The predicted molar refractivity (Wildman–Crippen MR) is 95.9 cm³/mol. The summed E-state index contributed by atoms with van der Waals surface area (Å²) in [5.74, 6) is -0.634. The Morgan fingerprint density at radius 1 is 1.21 bits per heavy atom. The average Bonchev–Trinajstić information content (AvgIpc) is 2.56. The molecule has 126 valence electrons. The summed E-state index contributed by atoms with van der Waals surface area (Å²) in [4.78, 5) is 14.8. The number of benzene rings is 2. The molecule has 1 aliphatic heterocycles. The van der Waals surface area contributed by atoms with Crippen LogP contribution in [0.3, 0.4) is 0 Å². The molecule has 3 rings (SSSR count). The molecule has 2 aromatic rings. The summed E-state index contributed by atoms with van der Waals surface area (Å²) in [7, 11) is 0. The van der Waals surface area contributed by atoms with Gasteiger partial charge in [0.25, 0.3) is 5.91 Å². The van der Waals surface area contributed by atoms with E-state index in [2.05, 4.69) is 17.1 Å². The van der Waals surface area contributed by atoms with E-state index < -0.39 is 0 Å². The second kappa shape index (κ2) is 6.91. The molecule has 1 amide bonds. The van der Waals surface area contributed by atoms with E-state index in [1.807, 2.05) is 12.1 Å². The third kappa shape index (κ3) is 3.50. The first-order valence-electron chi connectivity index (χ1n) is 8.27. The highest BCUT2D eigenvalue weighted by atomic mass is 19.1. The number of anilines is 3. The Labute approximate surface area is 141 Å². The van der Waals surface area contributed by atoms with Gasteiger partial charge >= 0.3 is 0 Å². The van der Waals surface area contributed by atoms with Crippen molar-refractivity contribution in [3.05, 3.63) is 53.8 Å². The number of nitrogens with one attached hydrogen (secondary N) is 1. The predicted octanol–water partition coefficient (Wildman–Crippen LogP) is 4.04. The van der Waals surface area contributed by atoms with Crippen LogP contribution in [-0.4, -0.2) is 18.5 Å². The number of halogens is 1. The van der Waals surface area contributed by atoms with Gasteiger partial charge in [0, 0.05) is 23.8 Å². The normalized spacial score (nSPS) is 17.6. The van der Waals surface area contributed by atoms with Crippen molar-refractivity contribution in [2.45, 2.75) is 32.2 Å². The molecule has 0 unspecified atom stereocenters. The minimum absolute atomic E-state index is 0.272. The van der Waals surface area contributed by atoms with E-state index in [4.69, 9.17) is 5.73 Å². The molecule has 24 heavy (non-hydrogen) atoms. The molecular weight excluding hydrogens is 305 g/mol. The lowest BCUT2D eigenvalue weighted by molar-refractivity contribution is 0.102.